The summed E-state index contributed by atoms with van der Waals surface area (Å²) in [7, 11) is -4.64. The highest BCUT2D eigenvalue weighted by molar-refractivity contribution is 7.45. The highest BCUT2D eigenvalue weighted by Crippen LogP contribution is 2.31. The number of aliphatic hydroxyl groups is 3. The van der Waals surface area contributed by atoms with E-state index >= 15 is 0 Å². The lowest BCUT2D eigenvalue weighted by Gasteiger charge is -2.15. The third kappa shape index (κ3) is 4.20. The second-order valence-corrected chi connectivity index (χ2v) is 6.05. The average molecular weight is 381 g/mol. The molecule has 3 heterocycles. The first-order chi connectivity index (χ1) is 11.5. The molecule has 0 saturated carbocycles. The quantitative estimate of drug-likeness (QED) is 0.151. The Kier molecular flexibility index (Phi) is 5.55. The number of hydrogen-bond acceptors (Lipinski definition) is 9. The number of rotatable bonds is 2. The number of hydrogen-bond donors (Lipinski definition) is 7. The average Bonchev–Trinajstić information content (AvgIpc) is 3.04. The van der Waals surface area contributed by atoms with Gasteiger partial charge in [-0.3, -0.25) is 4.57 Å². The van der Waals surface area contributed by atoms with Crippen molar-refractivity contribution in [3.63, 3.8) is 0 Å². The maximum atomic E-state index is 11.3. The van der Waals surface area contributed by atoms with E-state index in [1.807, 2.05) is 0 Å². The van der Waals surface area contributed by atoms with Gasteiger partial charge in [0.15, 0.2) is 11.7 Å². The van der Waals surface area contributed by atoms with Crippen molar-refractivity contribution in [1.29, 1.82) is 0 Å². The maximum absolute atomic E-state index is 11.3. The summed E-state index contributed by atoms with van der Waals surface area (Å²) in [6, 6.07) is 0. The van der Waals surface area contributed by atoms with Crippen LogP contribution in [0.25, 0.3) is 11.2 Å². The van der Waals surface area contributed by atoms with Crippen LogP contribution >= 0.6 is 7.82 Å². The summed E-state index contributed by atoms with van der Waals surface area (Å²) < 4.78 is 16.0. The number of fused-ring (bicyclic) bond motifs is 1. The van der Waals surface area contributed by atoms with Crippen LogP contribution in [0.4, 0.5) is 5.82 Å². The van der Waals surface area contributed by atoms with Crippen LogP contribution in [0.1, 0.15) is 6.23 Å². The molecule has 8 N–H and O–H groups in total. The SMILES string of the molecule is Nc1c2ncn([C@@H]3O[C@H](CO)[C@@H](O)[C@H]3O)c2nc[n+]1[O-].O=P(O)(O)O. The van der Waals surface area contributed by atoms with Crippen molar-refractivity contribution in [2.75, 3.05) is 12.3 Å². The van der Waals surface area contributed by atoms with Crippen LogP contribution in [0.3, 0.4) is 0 Å². The first-order valence-electron chi connectivity index (χ1n) is 6.65. The van der Waals surface area contributed by atoms with Crippen LogP contribution in [-0.4, -0.2) is 69.5 Å². The lowest BCUT2D eigenvalue weighted by atomic mass is 10.1. The van der Waals surface area contributed by atoms with Gasteiger partial charge in [0, 0.05) is 0 Å². The molecule has 0 amide bonds. The molecule has 0 unspecified atom stereocenters. The summed E-state index contributed by atoms with van der Waals surface area (Å²) >= 11 is 0. The van der Waals surface area contributed by atoms with E-state index in [0.717, 1.165) is 6.33 Å². The van der Waals surface area contributed by atoms with Gasteiger partial charge in [-0.2, -0.15) is 0 Å². The fraction of sp³-hybridized carbons (Fsp3) is 0.500. The zero-order chi connectivity index (χ0) is 18.9. The van der Waals surface area contributed by atoms with E-state index in [9.17, 15) is 15.4 Å². The summed E-state index contributed by atoms with van der Waals surface area (Å²) in [5, 5.41) is 40.0. The van der Waals surface area contributed by atoms with E-state index in [4.69, 9.17) is 34.8 Å². The standard InChI is InChI=1S/C10H13N5O5.H3O4P/c11-8-5-9(13-3-15(8)19)14(2-12-5)10-7(18)6(17)4(1-16)20-10;1-5(2,3)4/h2-4,6-7,10,16-18H,1,11H2;(H3,1,2,3,4)/t4-,6-,7-,10-;/m1./s1. The molecule has 2 aromatic rings. The predicted molar refractivity (Wildman–Crippen MR) is 78.2 cm³/mol. The van der Waals surface area contributed by atoms with E-state index in [1.54, 1.807) is 0 Å². The number of aromatic nitrogens is 4. The van der Waals surface area contributed by atoms with Gasteiger partial charge in [-0.05, 0) is 0 Å². The molecule has 25 heavy (non-hydrogen) atoms. The van der Waals surface area contributed by atoms with Crippen LogP contribution in [-0.2, 0) is 9.30 Å². The first kappa shape index (κ1) is 19.4. The van der Waals surface area contributed by atoms with Gasteiger partial charge in [-0.25, -0.2) is 14.3 Å². The van der Waals surface area contributed by atoms with Crippen molar-refractivity contribution in [1.82, 2.24) is 14.5 Å². The van der Waals surface area contributed by atoms with E-state index in [0.29, 0.717) is 4.73 Å². The molecule has 1 saturated heterocycles. The molecule has 0 aliphatic carbocycles. The normalized spacial score (nSPS) is 26.5. The molecule has 0 bridgehead atoms. The number of imidazole rings is 1. The Morgan fingerprint density at radius 1 is 1.32 bits per heavy atom. The number of anilines is 1. The van der Waals surface area contributed by atoms with E-state index in [2.05, 4.69) is 9.97 Å². The minimum atomic E-state index is -4.64. The Balaban J connectivity index is 0.000000399. The lowest BCUT2D eigenvalue weighted by Crippen LogP contribution is -2.33. The fourth-order valence-electron chi connectivity index (χ4n) is 2.23. The van der Waals surface area contributed by atoms with Gasteiger partial charge in [-0.1, -0.05) is 4.98 Å². The summed E-state index contributed by atoms with van der Waals surface area (Å²) in [6.07, 6.45) is -2.09. The first-order valence-corrected chi connectivity index (χ1v) is 8.22. The largest absolute Gasteiger partial charge is 0.740 e. The van der Waals surface area contributed by atoms with Crippen molar-refractivity contribution in [2.24, 2.45) is 0 Å². The Hall–Kier alpha value is -1.90. The van der Waals surface area contributed by atoms with E-state index in [-0.39, 0.29) is 17.0 Å². The summed E-state index contributed by atoms with van der Waals surface area (Å²) in [4.78, 5) is 29.4. The van der Waals surface area contributed by atoms with Crippen LogP contribution in [0, 0.1) is 5.21 Å². The highest BCUT2D eigenvalue weighted by atomic mass is 31.2. The number of nitrogens with zero attached hydrogens (tertiary/aromatic N) is 4. The molecule has 3 rings (SSSR count). The molecule has 15 heteroatoms. The monoisotopic (exact) mass is 381 g/mol. The third-order valence-electron chi connectivity index (χ3n) is 3.32. The zero-order valence-corrected chi connectivity index (χ0v) is 13.3. The van der Waals surface area contributed by atoms with Gasteiger partial charge >= 0.3 is 7.82 Å². The van der Waals surface area contributed by atoms with Gasteiger partial charge in [0.2, 0.25) is 12.0 Å². The van der Waals surface area contributed by atoms with Crippen molar-refractivity contribution in [3.8, 4) is 0 Å². The molecule has 0 radical (unpaired) electrons. The Morgan fingerprint density at radius 3 is 2.44 bits per heavy atom. The Bertz CT molecular complexity index is 786. The number of phosphoric acid groups is 1. The minimum absolute atomic E-state index is 0.125. The summed E-state index contributed by atoms with van der Waals surface area (Å²) in [5.41, 5.74) is 5.99. The molecule has 140 valence electrons. The topological polar surface area (TPSA) is 231 Å². The smallest absolute Gasteiger partial charge is 0.466 e. The van der Waals surface area contributed by atoms with Gasteiger partial charge in [0.05, 0.1) is 6.61 Å². The number of aliphatic hydroxyl groups excluding tert-OH is 3. The van der Waals surface area contributed by atoms with Crippen molar-refractivity contribution in [2.45, 2.75) is 24.5 Å². The third-order valence-corrected chi connectivity index (χ3v) is 3.32. The molecular weight excluding hydrogens is 365 g/mol. The fourth-order valence-corrected chi connectivity index (χ4v) is 2.23. The van der Waals surface area contributed by atoms with Crippen molar-refractivity contribution in [3.05, 3.63) is 17.9 Å². The highest BCUT2D eigenvalue weighted by Gasteiger charge is 2.44. The van der Waals surface area contributed by atoms with Gasteiger partial charge in [0.1, 0.15) is 24.6 Å². The number of nitrogens with two attached hydrogens (primary N) is 1. The molecule has 0 aromatic carbocycles. The lowest BCUT2D eigenvalue weighted by molar-refractivity contribution is -0.592. The van der Waals surface area contributed by atoms with E-state index in [1.165, 1.54) is 10.9 Å². The zero-order valence-electron chi connectivity index (χ0n) is 12.4. The molecule has 1 fully saturated rings. The molecule has 14 nitrogen and oxygen atoms in total. The molecule has 2 aromatic heterocycles. The number of nitrogen functional groups attached to an aromatic ring is 1. The van der Waals surface area contributed by atoms with Gasteiger partial charge in [-0.15, -0.1) is 0 Å². The van der Waals surface area contributed by atoms with Crippen LogP contribution in [0.2, 0.25) is 0 Å². The molecular formula is C10H16N5O9P. The van der Waals surface area contributed by atoms with E-state index < -0.39 is 39.0 Å². The van der Waals surface area contributed by atoms with Crippen LogP contribution in [0.15, 0.2) is 12.7 Å². The molecule has 4 atom stereocenters. The van der Waals surface area contributed by atoms with Gasteiger partial charge in [0.25, 0.3) is 5.82 Å². The Labute approximate surface area is 139 Å². The second kappa shape index (κ2) is 7.15. The molecule has 0 spiro atoms. The molecule has 1 aliphatic heterocycles. The molecule has 1 aliphatic rings. The number of ether oxygens (including phenoxy) is 1. The van der Waals surface area contributed by atoms with Crippen LogP contribution in [0.5, 0.6) is 0 Å². The van der Waals surface area contributed by atoms with Crippen molar-refractivity contribution >= 4 is 24.8 Å². The second-order valence-electron chi connectivity index (χ2n) is 5.02. The van der Waals surface area contributed by atoms with Crippen LogP contribution < -0.4 is 10.5 Å². The maximum Gasteiger partial charge on any atom is 0.466 e. The summed E-state index contributed by atoms with van der Waals surface area (Å²) in [6.45, 7) is -0.433. The summed E-state index contributed by atoms with van der Waals surface area (Å²) in [5.74, 6) is -0.125. The Morgan fingerprint density at radius 2 is 1.92 bits per heavy atom. The predicted octanol–water partition coefficient (Wildman–Crippen LogP) is -3.67. The van der Waals surface area contributed by atoms with Crippen molar-refractivity contribution < 1.29 is 44.0 Å². The van der Waals surface area contributed by atoms with Gasteiger partial charge < -0.3 is 45.7 Å². The minimum Gasteiger partial charge on any atom is -0.740 e.